The van der Waals surface area contributed by atoms with Crippen molar-refractivity contribution in [1.29, 1.82) is 0 Å². The van der Waals surface area contributed by atoms with Gasteiger partial charge in [-0.3, -0.25) is 9.59 Å². The fourth-order valence-corrected chi connectivity index (χ4v) is 3.92. The summed E-state index contributed by atoms with van der Waals surface area (Å²) in [6.45, 7) is 2.95. The molecule has 0 bridgehead atoms. The fraction of sp³-hybridized carbons (Fsp3) is 0.400. The van der Waals surface area contributed by atoms with E-state index >= 15 is 0 Å². The smallest absolute Gasteiger partial charge is 0.287 e. The van der Waals surface area contributed by atoms with Gasteiger partial charge in [-0.1, -0.05) is 18.2 Å². The van der Waals surface area contributed by atoms with E-state index < -0.39 is 0 Å². The van der Waals surface area contributed by atoms with Crippen LogP contribution in [-0.2, 0) is 4.79 Å². The highest BCUT2D eigenvalue weighted by molar-refractivity contribution is 5.91. The van der Waals surface area contributed by atoms with Crippen molar-refractivity contribution in [3.8, 4) is 5.75 Å². The molecule has 1 unspecified atom stereocenters. The van der Waals surface area contributed by atoms with Crippen LogP contribution in [0.3, 0.4) is 0 Å². The quantitative estimate of drug-likeness (QED) is 0.900. The van der Waals surface area contributed by atoms with Crippen molar-refractivity contribution in [3.63, 3.8) is 0 Å². The van der Waals surface area contributed by atoms with Gasteiger partial charge in [-0.05, 0) is 18.2 Å². The van der Waals surface area contributed by atoms with Crippen LogP contribution in [0.1, 0.15) is 48.3 Å². The maximum atomic E-state index is 12.5. The minimum absolute atomic E-state index is 0.0960. The van der Waals surface area contributed by atoms with Gasteiger partial charge in [-0.15, -0.1) is 0 Å². The zero-order valence-corrected chi connectivity index (χ0v) is 14.7. The van der Waals surface area contributed by atoms with Crippen molar-refractivity contribution >= 4 is 11.8 Å². The van der Waals surface area contributed by atoms with Gasteiger partial charge in [0.25, 0.3) is 5.91 Å². The lowest BCUT2D eigenvalue weighted by atomic mass is 9.80. The SMILES string of the molecule is CC(=O)N1CCC2(CC1)CC(NC(=O)c1ccco1)c1ccccc1O2. The Balaban J connectivity index is 1.57. The van der Waals surface area contributed by atoms with E-state index in [2.05, 4.69) is 5.32 Å². The molecule has 1 spiro atoms. The lowest BCUT2D eigenvalue weighted by molar-refractivity contribution is -0.132. The average molecular weight is 354 g/mol. The molecule has 136 valence electrons. The first-order valence-corrected chi connectivity index (χ1v) is 8.94. The molecule has 1 atom stereocenters. The zero-order valence-electron chi connectivity index (χ0n) is 14.7. The molecule has 6 nitrogen and oxygen atoms in total. The second-order valence-electron chi connectivity index (χ2n) is 7.04. The third-order valence-corrected chi connectivity index (χ3v) is 5.37. The fourth-order valence-electron chi connectivity index (χ4n) is 3.92. The monoisotopic (exact) mass is 354 g/mol. The van der Waals surface area contributed by atoms with E-state index in [1.54, 1.807) is 19.1 Å². The van der Waals surface area contributed by atoms with E-state index in [1.807, 2.05) is 29.2 Å². The van der Waals surface area contributed by atoms with Crippen LogP contribution < -0.4 is 10.1 Å². The molecule has 0 aliphatic carbocycles. The Hall–Kier alpha value is -2.76. The van der Waals surface area contributed by atoms with Crippen LogP contribution in [-0.4, -0.2) is 35.4 Å². The number of likely N-dealkylation sites (tertiary alicyclic amines) is 1. The first kappa shape index (κ1) is 16.7. The molecule has 1 fully saturated rings. The summed E-state index contributed by atoms with van der Waals surface area (Å²) in [7, 11) is 0. The largest absolute Gasteiger partial charge is 0.487 e. The molecule has 4 rings (SSSR count). The molecule has 1 aromatic carbocycles. The minimum Gasteiger partial charge on any atom is -0.487 e. The summed E-state index contributed by atoms with van der Waals surface area (Å²) in [5.74, 6) is 0.973. The lowest BCUT2D eigenvalue weighted by Crippen LogP contribution is -2.53. The molecule has 26 heavy (non-hydrogen) atoms. The molecular weight excluding hydrogens is 332 g/mol. The second kappa shape index (κ2) is 6.52. The van der Waals surface area contributed by atoms with Crippen LogP contribution in [0.25, 0.3) is 0 Å². The molecule has 1 saturated heterocycles. The number of fused-ring (bicyclic) bond motifs is 1. The van der Waals surface area contributed by atoms with Crippen molar-refractivity contribution in [2.75, 3.05) is 13.1 Å². The van der Waals surface area contributed by atoms with Gasteiger partial charge in [-0.25, -0.2) is 0 Å². The Morgan fingerprint density at radius 3 is 2.62 bits per heavy atom. The lowest BCUT2D eigenvalue weighted by Gasteiger charge is -2.46. The molecule has 1 N–H and O–H groups in total. The number of furan rings is 1. The van der Waals surface area contributed by atoms with E-state index in [9.17, 15) is 9.59 Å². The van der Waals surface area contributed by atoms with Crippen molar-refractivity contribution in [2.24, 2.45) is 0 Å². The molecule has 2 aliphatic rings. The van der Waals surface area contributed by atoms with Gasteiger partial charge in [0, 0.05) is 44.8 Å². The van der Waals surface area contributed by atoms with E-state index in [4.69, 9.17) is 9.15 Å². The highest BCUT2D eigenvalue weighted by Crippen LogP contribution is 2.44. The Morgan fingerprint density at radius 1 is 1.15 bits per heavy atom. The summed E-state index contributed by atoms with van der Waals surface area (Å²) in [6.07, 6.45) is 3.69. The van der Waals surface area contributed by atoms with Gasteiger partial charge in [0.2, 0.25) is 5.91 Å². The topological polar surface area (TPSA) is 71.8 Å². The van der Waals surface area contributed by atoms with Crippen molar-refractivity contribution in [2.45, 2.75) is 37.8 Å². The van der Waals surface area contributed by atoms with Crippen LogP contribution in [0.5, 0.6) is 5.75 Å². The summed E-state index contributed by atoms with van der Waals surface area (Å²) in [5, 5.41) is 3.09. The number of benzene rings is 1. The van der Waals surface area contributed by atoms with E-state index in [0.717, 1.165) is 24.2 Å². The first-order chi connectivity index (χ1) is 12.6. The number of para-hydroxylation sites is 1. The molecule has 0 saturated carbocycles. The standard InChI is InChI=1S/C20H22N2O4/c1-14(23)22-10-8-20(9-11-22)13-16(15-5-2-3-6-17(15)26-20)21-19(24)18-7-4-12-25-18/h2-7,12,16H,8-11,13H2,1H3,(H,21,24). The van der Waals surface area contributed by atoms with Gasteiger partial charge in [0.1, 0.15) is 11.4 Å². The zero-order chi connectivity index (χ0) is 18.1. The number of amides is 2. The third kappa shape index (κ3) is 3.07. The number of piperidine rings is 1. The predicted octanol–water partition coefficient (Wildman–Crippen LogP) is 2.91. The van der Waals surface area contributed by atoms with E-state index in [1.165, 1.54) is 6.26 Å². The van der Waals surface area contributed by atoms with Gasteiger partial charge in [-0.2, -0.15) is 0 Å². The minimum atomic E-state index is -0.360. The van der Waals surface area contributed by atoms with Crippen molar-refractivity contribution in [1.82, 2.24) is 10.2 Å². The molecular formula is C20H22N2O4. The first-order valence-electron chi connectivity index (χ1n) is 8.94. The number of hydrogen-bond acceptors (Lipinski definition) is 4. The summed E-state index contributed by atoms with van der Waals surface area (Å²) in [4.78, 5) is 26.0. The Labute approximate surface area is 152 Å². The van der Waals surface area contributed by atoms with E-state index in [0.29, 0.717) is 25.3 Å². The molecule has 2 aliphatic heterocycles. The van der Waals surface area contributed by atoms with E-state index in [-0.39, 0.29) is 23.5 Å². The Bertz CT molecular complexity index is 807. The van der Waals surface area contributed by atoms with Crippen molar-refractivity contribution in [3.05, 3.63) is 54.0 Å². The molecule has 2 aromatic rings. The number of carbonyl (C=O) groups is 2. The van der Waals surface area contributed by atoms with Crippen LogP contribution in [0, 0.1) is 0 Å². The number of rotatable bonds is 2. The van der Waals surface area contributed by atoms with Crippen molar-refractivity contribution < 1.29 is 18.7 Å². The summed E-state index contributed by atoms with van der Waals surface area (Å²) in [5.41, 5.74) is 0.619. The van der Waals surface area contributed by atoms with Crippen LogP contribution >= 0.6 is 0 Å². The maximum absolute atomic E-state index is 12.5. The summed E-state index contributed by atoms with van der Waals surface area (Å²) < 4.78 is 11.6. The second-order valence-corrected chi connectivity index (χ2v) is 7.04. The Kier molecular flexibility index (Phi) is 4.18. The third-order valence-electron chi connectivity index (χ3n) is 5.37. The van der Waals surface area contributed by atoms with Crippen LogP contribution in [0.15, 0.2) is 47.1 Å². The highest BCUT2D eigenvalue weighted by Gasteiger charge is 2.44. The van der Waals surface area contributed by atoms with Crippen LogP contribution in [0.4, 0.5) is 0 Å². The molecule has 2 amide bonds. The number of hydrogen-bond donors (Lipinski definition) is 1. The summed E-state index contributed by atoms with van der Waals surface area (Å²) >= 11 is 0. The van der Waals surface area contributed by atoms with Gasteiger partial charge < -0.3 is 19.4 Å². The maximum Gasteiger partial charge on any atom is 0.287 e. The number of nitrogens with one attached hydrogen (secondary N) is 1. The van der Waals surface area contributed by atoms with Crippen LogP contribution in [0.2, 0.25) is 0 Å². The number of ether oxygens (including phenoxy) is 1. The molecule has 3 heterocycles. The average Bonchev–Trinajstić information content (AvgIpc) is 3.17. The molecule has 1 aromatic heterocycles. The van der Waals surface area contributed by atoms with Gasteiger partial charge >= 0.3 is 0 Å². The Morgan fingerprint density at radius 2 is 1.92 bits per heavy atom. The highest BCUT2D eigenvalue weighted by atomic mass is 16.5. The predicted molar refractivity (Wildman–Crippen MR) is 94.8 cm³/mol. The normalized spacial score (nSPS) is 21.0. The number of carbonyl (C=O) groups excluding carboxylic acids is 2. The van der Waals surface area contributed by atoms with Gasteiger partial charge in [0.15, 0.2) is 5.76 Å². The summed E-state index contributed by atoms with van der Waals surface area (Å²) in [6, 6.07) is 11.0. The molecule has 6 heteroatoms. The molecule has 0 radical (unpaired) electrons. The number of nitrogens with zero attached hydrogens (tertiary/aromatic N) is 1. The van der Waals surface area contributed by atoms with Gasteiger partial charge in [0.05, 0.1) is 12.3 Å².